The third-order valence-corrected chi connectivity index (χ3v) is 3.79. The van der Waals surface area contributed by atoms with Gasteiger partial charge in [0.25, 0.3) is 5.91 Å². The highest BCUT2D eigenvalue weighted by molar-refractivity contribution is 6.32. The van der Waals surface area contributed by atoms with E-state index in [9.17, 15) is 9.59 Å². The molecule has 0 spiro atoms. The number of fused-ring (bicyclic) bond motifs is 1. The molecule has 0 radical (unpaired) electrons. The quantitative estimate of drug-likeness (QED) is 0.866. The van der Waals surface area contributed by atoms with Crippen molar-refractivity contribution in [2.45, 2.75) is 32.4 Å². The van der Waals surface area contributed by atoms with Gasteiger partial charge in [-0.15, -0.1) is 0 Å². The predicted octanol–water partition coefficient (Wildman–Crippen LogP) is 2.29. The average molecular weight is 311 g/mol. The Balaban J connectivity index is 1.79. The van der Waals surface area contributed by atoms with Gasteiger partial charge in [-0.2, -0.15) is 0 Å². The van der Waals surface area contributed by atoms with Crippen LogP contribution < -0.4 is 14.8 Å². The summed E-state index contributed by atoms with van der Waals surface area (Å²) in [6.45, 7) is 2.27. The SMILES string of the molecule is CCCC1NC(=O)N(Cc2cc(Cl)c3c(c2)OCO3)C1=O. The minimum absolute atomic E-state index is 0.125. The van der Waals surface area contributed by atoms with Gasteiger partial charge in [0.2, 0.25) is 6.79 Å². The van der Waals surface area contributed by atoms with E-state index >= 15 is 0 Å². The number of rotatable bonds is 4. The number of carbonyl (C=O) groups excluding carboxylic acids is 2. The van der Waals surface area contributed by atoms with Gasteiger partial charge in [-0.3, -0.25) is 9.69 Å². The van der Waals surface area contributed by atoms with Crippen LogP contribution in [-0.4, -0.2) is 29.7 Å². The predicted molar refractivity (Wildman–Crippen MR) is 75.4 cm³/mol. The first-order valence-electron chi connectivity index (χ1n) is 6.80. The minimum Gasteiger partial charge on any atom is -0.454 e. The lowest BCUT2D eigenvalue weighted by molar-refractivity contribution is -0.128. The van der Waals surface area contributed by atoms with E-state index in [0.717, 1.165) is 12.0 Å². The molecule has 1 aromatic rings. The standard InChI is InChI=1S/C14H15ClN2O4/c1-2-3-10-13(18)17(14(19)16-10)6-8-4-9(15)12-11(5-8)20-7-21-12/h4-5,10H,2-3,6-7H2,1H3,(H,16,19). The van der Waals surface area contributed by atoms with E-state index < -0.39 is 6.04 Å². The Morgan fingerprint density at radius 1 is 1.38 bits per heavy atom. The van der Waals surface area contributed by atoms with Gasteiger partial charge in [-0.25, -0.2) is 4.79 Å². The van der Waals surface area contributed by atoms with E-state index in [1.165, 1.54) is 4.90 Å². The molecule has 1 aromatic carbocycles. The molecular formula is C14H15ClN2O4. The second kappa shape index (κ2) is 5.44. The zero-order valence-corrected chi connectivity index (χ0v) is 12.3. The lowest BCUT2D eigenvalue weighted by Gasteiger charge is -2.14. The highest BCUT2D eigenvalue weighted by atomic mass is 35.5. The number of urea groups is 1. The van der Waals surface area contributed by atoms with Gasteiger partial charge >= 0.3 is 6.03 Å². The monoisotopic (exact) mass is 310 g/mol. The molecule has 0 aliphatic carbocycles. The molecule has 21 heavy (non-hydrogen) atoms. The summed E-state index contributed by atoms with van der Waals surface area (Å²) in [5.74, 6) is 0.840. The topological polar surface area (TPSA) is 67.9 Å². The number of ether oxygens (including phenoxy) is 2. The molecular weight excluding hydrogens is 296 g/mol. The van der Waals surface area contributed by atoms with Crippen LogP contribution in [0.25, 0.3) is 0 Å². The van der Waals surface area contributed by atoms with Gasteiger partial charge in [-0.05, 0) is 24.1 Å². The van der Waals surface area contributed by atoms with Crippen LogP contribution in [0.3, 0.4) is 0 Å². The fourth-order valence-corrected chi connectivity index (χ4v) is 2.79. The summed E-state index contributed by atoms with van der Waals surface area (Å²) < 4.78 is 10.5. The van der Waals surface area contributed by atoms with Gasteiger partial charge in [0.05, 0.1) is 11.6 Å². The third kappa shape index (κ3) is 2.51. The number of imide groups is 1. The van der Waals surface area contributed by atoms with E-state index in [4.69, 9.17) is 21.1 Å². The number of nitrogens with one attached hydrogen (secondary N) is 1. The molecule has 2 heterocycles. The first-order chi connectivity index (χ1) is 10.1. The number of hydrogen-bond acceptors (Lipinski definition) is 4. The zero-order chi connectivity index (χ0) is 15.0. The summed E-state index contributed by atoms with van der Waals surface area (Å²) in [4.78, 5) is 25.3. The summed E-state index contributed by atoms with van der Waals surface area (Å²) in [5, 5.41) is 3.10. The van der Waals surface area contributed by atoms with E-state index in [1.54, 1.807) is 12.1 Å². The number of hydrogen-bond donors (Lipinski definition) is 1. The Labute approximate surface area is 127 Å². The molecule has 1 unspecified atom stereocenters. The summed E-state index contributed by atoms with van der Waals surface area (Å²) in [5.41, 5.74) is 0.727. The maximum Gasteiger partial charge on any atom is 0.325 e. The number of nitrogens with zero attached hydrogens (tertiary/aromatic N) is 1. The third-order valence-electron chi connectivity index (χ3n) is 3.51. The average Bonchev–Trinajstić information content (AvgIpc) is 3.00. The van der Waals surface area contributed by atoms with Gasteiger partial charge in [0.15, 0.2) is 11.5 Å². The zero-order valence-electron chi connectivity index (χ0n) is 11.5. The van der Waals surface area contributed by atoms with Gasteiger partial charge in [-0.1, -0.05) is 24.9 Å². The highest BCUT2D eigenvalue weighted by Crippen LogP contribution is 2.40. The number of carbonyl (C=O) groups is 2. The Bertz CT molecular complexity index is 605. The Hall–Kier alpha value is -1.95. The molecule has 7 heteroatoms. The Morgan fingerprint density at radius 3 is 2.95 bits per heavy atom. The molecule has 1 saturated heterocycles. The summed E-state index contributed by atoms with van der Waals surface area (Å²) in [6.07, 6.45) is 1.48. The summed E-state index contributed by atoms with van der Waals surface area (Å²) >= 11 is 6.10. The Kier molecular flexibility index (Phi) is 3.63. The smallest absolute Gasteiger partial charge is 0.325 e. The van der Waals surface area contributed by atoms with Crippen LogP contribution >= 0.6 is 11.6 Å². The second-order valence-corrected chi connectivity index (χ2v) is 5.43. The van der Waals surface area contributed by atoms with Crippen LogP contribution in [0.2, 0.25) is 5.02 Å². The molecule has 1 atom stereocenters. The molecule has 6 nitrogen and oxygen atoms in total. The normalized spacial score (nSPS) is 20.1. The van der Waals surface area contributed by atoms with Crippen LogP contribution in [0.1, 0.15) is 25.3 Å². The maximum absolute atomic E-state index is 12.2. The largest absolute Gasteiger partial charge is 0.454 e. The molecule has 0 saturated carbocycles. The molecule has 0 bridgehead atoms. The van der Waals surface area contributed by atoms with Crippen LogP contribution in [0.5, 0.6) is 11.5 Å². The second-order valence-electron chi connectivity index (χ2n) is 5.03. The van der Waals surface area contributed by atoms with Crippen LogP contribution in [0.15, 0.2) is 12.1 Å². The van der Waals surface area contributed by atoms with Crippen molar-refractivity contribution in [1.29, 1.82) is 0 Å². The van der Waals surface area contributed by atoms with Crippen molar-refractivity contribution in [3.05, 3.63) is 22.7 Å². The molecule has 1 fully saturated rings. The van der Waals surface area contributed by atoms with Crippen molar-refractivity contribution >= 4 is 23.5 Å². The molecule has 2 aliphatic rings. The van der Waals surface area contributed by atoms with Crippen molar-refractivity contribution in [3.63, 3.8) is 0 Å². The fraction of sp³-hybridized carbons (Fsp3) is 0.429. The van der Waals surface area contributed by atoms with E-state index in [-0.39, 0.29) is 25.3 Å². The summed E-state index contributed by atoms with van der Waals surface area (Å²) in [7, 11) is 0. The van der Waals surface area contributed by atoms with Gasteiger partial charge in [0, 0.05) is 0 Å². The van der Waals surface area contributed by atoms with E-state index in [2.05, 4.69) is 5.32 Å². The van der Waals surface area contributed by atoms with Crippen molar-refractivity contribution in [2.24, 2.45) is 0 Å². The van der Waals surface area contributed by atoms with Crippen LogP contribution in [0, 0.1) is 0 Å². The van der Waals surface area contributed by atoms with Crippen molar-refractivity contribution in [1.82, 2.24) is 10.2 Å². The molecule has 2 aliphatic heterocycles. The lowest BCUT2D eigenvalue weighted by Crippen LogP contribution is -2.30. The first kappa shape index (κ1) is 14.0. The lowest BCUT2D eigenvalue weighted by atomic mass is 10.1. The molecule has 3 amide bonds. The maximum atomic E-state index is 12.2. The number of benzene rings is 1. The molecule has 3 rings (SSSR count). The highest BCUT2D eigenvalue weighted by Gasteiger charge is 2.37. The van der Waals surface area contributed by atoms with Gasteiger partial charge < -0.3 is 14.8 Å². The van der Waals surface area contributed by atoms with E-state index in [1.807, 2.05) is 6.92 Å². The van der Waals surface area contributed by atoms with Gasteiger partial charge in [0.1, 0.15) is 6.04 Å². The van der Waals surface area contributed by atoms with Crippen molar-refractivity contribution in [3.8, 4) is 11.5 Å². The van der Waals surface area contributed by atoms with Crippen LogP contribution in [-0.2, 0) is 11.3 Å². The number of halogens is 1. The molecule has 112 valence electrons. The molecule has 1 N–H and O–H groups in total. The summed E-state index contributed by atoms with van der Waals surface area (Å²) in [6, 6.07) is 2.63. The first-order valence-corrected chi connectivity index (χ1v) is 7.18. The van der Waals surface area contributed by atoms with E-state index in [0.29, 0.717) is 22.9 Å². The fourth-order valence-electron chi connectivity index (χ4n) is 2.51. The Morgan fingerprint density at radius 2 is 2.19 bits per heavy atom. The van der Waals surface area contributed by atoms with Crippen molar-refractivity contribution < 1.29 is 19.1 Å². The van der Waals surface area contributed by atoms with Crippen molar-refractivity contribution in [2.75, 3.05) is 6.79 Å². The van der Waals surface area contributed by atoms with Crippen LogP contribution in [0.4, 0.5) is 4.79 Å². The molecule has 0 aromatic heterocycles. The number of amides is 3. The minimum atomic E-state index is -0.424.